The van der Waals surface area contributed by atoms with Gasteiger partial charge in [-0.25, -0.2) is 4.98 Å². The molecule has 0 radical (unpaired) electrons. The van der Waals surface area contributed by atoms with Crippen molar-refractivity contribution >= 4 is 15.9 Å². The lowest BCUT2D eigenvalue weighted by atomic mass is 10.2. The molecule has 18 heavy (non-hydrogen) atoms. The first kappa shape index (κ1) is 12.8. The minimum absolute atomic E-state index is 0.109. The zero-order valence-electron chi connectivity index (χ0n) is 8.75. The number of aromatic nitrogens is 2. The standard InChI is InChI=1S/C11H6BrF3N2O/c12-7-3-1-6(2-4-7)10-16-8(11(13,14)15)5-9(18)17-10/h1-5H,(H,16,17,18). The Bertz CT molecular complexity index is 619. The van der Waals surface area contributed by atoms with E-state index >= 15 is 0 Å². The molecule has 0 amide bonds. The molecular formula is C11H6BrF3N2O. The second-order valence-electron chi connectivity index (χ2n) is 3.48. The molecule has 0 atom stereocenters. The molecule has 1 N–H and O–H groups in total. The van der Waals surface area contributed by atoms with Crippen molar-refractivity contribution in [3.8, 4) is 11.4 Å². The van der Waals surface area contributed by atoms with E-state index in [4.69, 9.17) is 0 Å². The zero-order valence-corrected chi connectivity index (χ0v) is 10.3. The van der Waals surface area contributed by atoms with Gasteiger partial charge < -0.3 is 4.98 Å². The summed E-state index contributed by atoms with van der Waals surface area (Å²) < 4.78 is 38.3. The lowest BCUT2D eigenvalue weighted by Gasteiger charge is -2.07. The van der Waals surface area contributed by atoms with Gasteiger partial charge in [-0.05, 0) is 12.1 Å². The van der Waals surface area contributed by atoms with Gasteiger partial charge in [-0.1, -0.05) is 28.1 Å². The lowest BCUT2D eigenvalue weighted by molar-refractivity contribution is -0.141. The molecule has 0 bridgehead atoms. The quantitative estimate of drug-likeness (QED) is 0.877. The fourth-order valence-corrected chi connectivity index (χ4v) is 1.61. The third-order valence-corrected chi connectivity index (χ3v) is 2.68. The number of rotatable bonds is 1. The molecule has 2 rings (SSSR count). The predicted octanol–water partition coefficient (Wildman–Crippen LogP) is 3.22. The van der Waals surface area contributed by atoms with E-state index in [2.05, 4.69) is 25.9 Å². The Balaban J connectivity index is 2.55. The van der Waals surface area contributed by atoms with Crippen molar-refractivity contribution in [3.05, 3.63) is 50.9 Å². The van der Waals surface area contributed by atoms with Crippen LogP contribution in [0.2, 0.25) is 0 Å². The Morgan fingerprint density at radius 1 is 1.17 bits per heavy atom. The number of nitrogens with one attached hydrogen (secondary N) is 1. The Morgan fingerprint density at radius 3 is 2.33 bits per heavy atom. The van der Waals surface area contributed by atoms with Crippen LogP contribution < -0.4 is 5.56 Å². The van der Waals surface area contributed by atoms with Crippen molar-refractivity contribution in [2.24, 2.45) is 0 Å². The maximum atomic E-state index is 12.5. The van der Waals surface area contributed by atoms with Gasteiger partial charge in [0.15, 0.2) is 5.69 Å². The van der Waals surface area contributed by atoms with Crippen LogP contribution in [-0.2, 0) is 6.18 Å². The SMILES string of the molecule is O=c1cc(C(F)(F)F)nc(-c2ccc(Br)cc2)[nH]1. The Hall–Kier alpha value is -1.63. The average molecular weight is 319 g/mol. The molecule has 1 aromatic carbocycles. The molecule has 0 fully saturated rings. The first-order chi connectivity index (χ1) is 8.36. The molecular weight excluding hydrogens is 313 g/mol. The molecule has 3 nitrogen and oxygen atoms in total. The largest absolute Gasteiger partial charge is 0.433 e. The summed E-state index contributed by atoms with van der Waals surface area (Å²) in [7, 11) is 0. The molecule has 1 aromatic heterocycles. The van der Waals surface area contributed by atoms with Crippen LogP contribution in [-0.4, -0.2) is 9.97 Å². The fraction of sp³-hybridized carbons (Fsp3) is 0.0909. The Kier molecular flexibility index (Phi) is 3.25. The van der Waals surface area contributed by atoms with Gasteiger partial charge in [-0.2, -0.15) is 13.2 Å². The van der Waals surface area contributed by atoms with Crippen molar-refractivity contribution in [2.45, 2.75) is 6.18 Å². The minimum atomic E-state index is -4.64. The van der Waals surface area contributed by atoms with Gasteiger partial charge in [0.05, 0.1) is 0 Å². The number of halogens is 4. The molecule has 0 spiro atoms. The van der Waals surface area contributed by atoms with Crippen molar-refractivity contribution in [1.29, 1.82) is 0 Å². The molecule has 94 valence electrons. The smallest absolute Gasteiger partial charge is 0.307 e. The zero-order chi connectivity index (χ0) is 13.3. The van der Waals surface area contributed by atoms with Crippen LogP contribution >= 0.6 is 15.9 Å². The van der Waals surface area contributed by atoms with E-state index in [1.54, 1.807) is 24.3 Å². The van der Waals surface area contributed by atoms with E-state index in [1.165, 1.54) is 0 Å². The van der Waals surface area contributed by atoms with Crippen LogP contribution in [0.1, 0.15) is 5.69 Å². The monoisotopic (exact) mass is 318 g/mol. The number of aromatic amines is 1. The van der Waals surface area contributed by atoms with Crippen LogP contribution in [0.15, 0.2) is 39.6 Å². The fourth-order valence-electron chi connectivity index (χ4n) is 1.35. The van der Waals surface area contributed by atoms with E-state index in [9.17, 15) is 18.0 Å². The van der Waals surface area contributed by atoms with Gasteiger partial charge in [0, 0.05) is 16.1 Å². The number of nitrogens with zero attached hydrogens (tertiary/aromatic N) is 1. The summed E-state index contributed by atoms with van der Waals surface area (Å²) >= 11 is 3.21. The van der Waals surface area contributed by atoms with Crippen LogP contribution in [0, 0.1) is 0 Å². The van der Waals surface area contributed by atoms with Crippen molar-refractivity contribution in [3.63, 3.8) is 0 Å². The normalized spacial score (nSPS) is 11.6. The molecule has 7 heteroatoms. The maximum Gasteiger partial charge on any atom is 0.433 e. The maximum absolute atomic E-state index is 12.5. The molecule has 0 saturated heterocycles. The number of alkyl halides is 3. The van der Waals surface area contributed by atoms with E-state index in [0.717, 1.165) is 4.47 Å². The van der Waals surface area contributed by atoms with Gasteiger partial charge in [0.1, 0.15) is 5.82 Å². The Labute approximate surface area is 108 Å². The minimum Gasteiger partial charge on any atom is -0.307 e. The molecule has 2 aromatic rings. The van der Waals surface area contributed by atoms with Crippen LogP contribution in [0.3, 0.4) is 0 Å². The van der Waals surface area contributed by atoms with E-state index in [0.29, 0.717) is 11.6 Å². The summed E-state index contributed by atoms with van der Waals surface area (Å²) in [5.41, 5.74) is -1.64. The summed E-state index contributed by atoms with van der Waals surface area (Å²) in [5.74, 6) is -0.109. The van der Waals surface area contributed by atoms with E-state index < -0.39 is 17.4 Å². The second-order valence-corrected chi connectivity index (χ2v) is 4.40. The van der Waals surface area contributed by atoms with Gasteiger partial charge in [0.25, 0.3) is 5.56 Å². The molecule has 0 aliphatic heterocycles. The van der Waals surface area contributed by atoms with Crippen molar-refractivity contribution in [2.75, 3.05) is 0 Å². The van der Waals surface area contributed by atoms with E-state index in [-0.39, 0.29) is 5.82 Å². The summed E-state index contributed by atoms with van der Waals surface area (Å²) in [6.45, 7) is 0. The van der Waals surface area contributed by atoms with Gasteiger partial charge in [-0.3, -0.25) is 4.79 Å². The molecule has 0 unspecified atom stereocenters. The third-order valence-electron chi connectivity index (χ3n) is 2.15. The molecule has 0 aliphatic rings. The second kappa shape index (κ2) is 4.56. The van der Waals surface area contributed by atoms with Gasteiger partial charge >= 0.3 is 6.18 Å². The van der Waals surface area contributed by atoms with Crippen molar-refractivity contribution in [1.82, 2.24) is 9.97 Å². The first-order valence-corrected chi connectivity index (χ1v) is 5.60. The molecule has 0 saturated carbocycles. The van der Waals surface area contributed by atoms with E-state index in [1.807, 2.05) is 0 Å². The average Bonchev–Trinajstić information content (AvgIpc) is 2.28. The number of hydrogen-bond donors (Lipinski definition) is 1. The van der Waals surface area contributed by atoms with Gasteiger partial charge in [0.2, 0.25) is 0 Å². The van der Waals surface area contributed by atoms with Gasteiger partial charge in [-0.15, -0.1) is 0 Å². The summed E-state index contributed by atoms with van der Waals surface area (Å²) in [6.07, 6.45) is -4.64. The summed E-state index contributed by atoms with van der Waals surface area (Å²) in [4.78, 5) is 16.9. The highest BCUT2D eigenvalue weighted by Gasteiger charge is 2.33. The first-order valence-electron chi connectivity index (χ1n) is 4.81. The number of benzene rings is 1. The highest BCUT2D eigenvalue weighted by Crippen LogP contribution is 2.27. The van der Waals surface area contributed by atoms with Crippen LogP contribution in [0.5, 0.6) is 0 Å². The topological polar surface area (TPSA) is 45.8 Å². The molecule has 0 aliphatic carbocycles. The number of H-pyrrole nitrogens is 1. The predicted molar refractivity (Wildman–Crippen MR) is 63.0 cm³/mol. The van der Waals surface area contributed by atoms with Crippen molar-refractivity contribution < 1.29 is 13.2 Å². The summed E-state index contributed by atoms with van der Waals surface area (Å²) in [5, 5.41) is 0. The van der Waals surface area contributed by atoms with Crippen LogP contribution in [0.25, 0.3) is 11.4 Å². The van der Waals surface area contributed by atoms with Crippen LogP contribution in [0.4, 0.5) is 13.2 Å². The Morgan fingerprint density at radius 2 is 1.78 bits per heavy atom. The summed E-state index contributed by atoms with van der Waals surface area (Å²) in [6, 6.07) is 6.85. The highest BCUT2D eigenvalue weighted by molar-refractivity contribution is 9.10. The molecule has 1 heterocycles. The lowest BCUT2D eigenvalue weighted by Crippen LogP contribution is -2.16. The third kappa shape index (κ3) is 2.79. The number of hydrogen-bond acceptors (Lipinski definition) is 2. The highest BCUT2D eigenvalue weighted by atomic mass is 79.9.